The maximum absolute atomic E-state index is 4.27. The molecule has 24 heavy (non-hydrogen) atoms. The van der Waals surface area contributed by atoms with Crippen molar-refractivity contribution < 1.29 is 0 Å². The fourth-order valence-corrected chi connectivity index (χ4v) is 3.12. The minimum absolute atomic E-state index is 0.990. The molecule has 0 aliphatic carbocycles. The molecule has 0 radical (unpaired) electrons. The van der Waals surface area contributed by atoms with E-state index in [0.29, 0.717) is 0 Å². The molecule has 0 fully saturated rings. The smallest absolute Gasteiger partial charge is 0.0931 e. The predicted octanol–water partition coefficient (Wildman–Crippen LogP) is 4.77. The average molecular weight is 310 g/mol. The molecule has 0 atom stereocenters. The monoisotopic (exact) mass is 310 g/mol. The Labute approximate surface area is 138 Å². The largest absolute Gasteiger partial charge is 0.345 e. The molecule has 0 spiro atoms. The van der Waals surface area contributed by atoms with Gasteiger partial charge in [-0.2, -0.15) is 0 Å². The molecule has 0 amide bonds. The highest BCUT2D eigenvalue weighted by molar-refractivity contribution is 5.91. The Morgan fingerprint density at radius 1 is 0.667 bits per heavy atom. The molecule has 114 valence electrons. The lowest BCUT2D eigenvalue weighted by molar-refractivity contribution is 1.31. The first-order valence-corrected chi connectivity index (χ1v) is 7.83. The van der Waals surface area contributed by atoms with Gasteiger partial charge in [-0.1, -0.05) is 30.3 Å². The lowest BCUT2D eigenvalue weighted by atomic mass is 9.99. The third-order valence-corrected chi connectivity index (χ3v) is 4.40. The molecule has 2 N–H and O–H groups in total. The van der Waals surface area contributed by atoms with Crippen molar-refractivity contribution in [2.24, 2.45) is 0 Å². The number of rotatable bonds is 2. The summed E-state index contributed by atoms with van der Waals surface area (Å²) in [5, 5.41) is 2.44. The fourth-order valence-electron chi connectivity index (χ4n) is 3.12. The highest BCUT2D eigenvalue weighted by Gasteiger charge is 2.05. The van der Waals surface area contributed by atoms with Crippen molar-refractivity contribution in [1.29, 1.82) is 0 Å². The van der Waals surface area contributed by atoms with Crippen LogP contribution < -0.4 is 0 Å². The van der Waals surface area contributed by atoms with Crippen molar-refractivity contribution in [1.82, 2.24) is 19.9 Å². The van der Waals surface area contributed by atoms with E-state index in [0.717, 1.165) is 22.3 Å². The Morgan fingerprint density at radius 2 is 1.42 bits per heavy atom. The first kappa shape index (κ1) is 13.1. The number of imidazole rings is 2. The molecule has 2 heterocycles. The Bertz CT molecular complexity index is 1150. The second kappa shape index (κ2) is 5.06. The van der Waals surface area contributed by atoms with Gasteiger partial charge in [-0.05, 0) is 46.2 Å². The molecule has 0 saturated carbocycles. The van der Waals surface area contributed by atoms with E-state index in [2.05, 4.69) is 68.5 Å². The molecular weight excluding hydrogens is 296 g/mol. The lowest BCUT2D eigenvalue weighted by Crippen LogP contribution is -1.82. The number of H-pyrrole nitrogens is 2. The van der Waals surface area contributed by atoms with Crippen LogP contribution in [0.25, 0.3) is 44.2 Å². The maximum atomic E-state index is 4.27. The van der Waals surface area contributed by atoms with Crippen molar-refractivity contribution in [3.63, 3.8) is 0 Å². The third kappa shape index (κ3) is 2.08. The zero-order valence-electron chi connectivity index (χ0n) is 12.8. The van der Waals surface area contributed by atoms with E-state index in [-0.39, 0.29) is 0 Å². The van der Waals surface area contributed by atoms with E-state index in [1.165, 1.54) is 21.9 Å². The van der Waals surface area contributed by atoms with E-state index < -0.39 is 0 Å². The molecule has 5 rings (SSSR count). The summed E-state index contributed by atoms with van der Waals surface area (Å²) >= 11 is 0. The van der Waals surface area contributed by atoms with Crippen LogP contribution in [0.3, 0.4) is 0 Å². The SMILES string of the molecule is c1ncc(-c2ccc3cc(-c4ccc5nc[nH]c5c4)ccc3c2)[nH]1. The number of aromatic amines is 2. The summed E-state index contributed by atoms with van der Waals surface area (Å²) in [6.07, 6.45) is 5.27. The van der Waals surface area contributed by atoms with Crippen molar-refractivity contribution >= 4 is 21.8 Å². The minimum Gasteiger partial charge on any atom is -0.345 e. The molecule has 4 nitrogen and oxygen atoms in total. The van der Waals surface area contributed by atoms with Gasteiger partial charge < -0.3 is 9.97 Å². The summed E-state index contributed by atoms with van der Waals surface area (Å²) in [7, 11) is 0. The summed E-state index contributed by atoms with van der Waals surface area (Å²) in [5.74, 6) is 0. The van der Waals surface area contributed by atoms with Gasteiger partial charge in [-0.25, -0.2) is 9.97 Å². The van der Waals surface area contributed by atoms with E-state index >= 15 is 0 Å². The maximum Gasteiger partial charge on any atom is 0.0931 e. The standard InChI is InChI=1S/C20H14N4/c1-2-15-8-17(20-10-21-11-22-20)4-3-13(15)7-14(1)16-5-6-18-19(9-16)24-12-23-18/h1-12H,(H,21,22)(H,23,24). The minimum atomic E-state index is 0.990. The van der Waals surface area contributed by atoms with Gasteiger partial charge in [0.15, 0.2) is 0 Å². The normalized spacial score (nSPS) is 11.3. The molecular formula is C20H14N4. The summed E-state index contributed by atoms with van der Waals surface area (Å²) in [6.45, 7) is 0. The van der Waals surface area contributed by atoms with Crippen molar-refractivity contribution in [2.45, 2.75) is 0 Å². The summed E-state index contributed by atoms with van der Waals surface area (Å²) in [6, 6.07) is 19.3. The highest BCUT2D eigenvalue weighted by atomic mass is 14.9. The van der Waals surface area contributed by atoms with Gasteiger partial charge in [0.2, 0.25) is 0 Å². The van der Waals surface area contributed by atoms with E-state index in [1.807, 2.05) is 12.3 Å². The van der Waals surface area contributed by atoms with E-state index in [4.69, 9.17) is 0 Å². The predicted molar refractivity (Wildman–Crippen MR) is 96.6 cm³/mol. The average Bonchev–Trinajstić information content (AvgIpc) is 3.31. The molecule has 4 heteroatoms. The van der Waals surface area contributed by atoms with Crippen molar-refractivity contribution in [3.05, 3.63) is 73.4 Å². The third-order valence-electron chi connectivity index (χ3n) is 4.40. The van der Waals surface area contributed by atoms with Gasteiger partial charge in [0, 0.05) is 5.56 Å². The lowest BCUT2D eigenvalue weighted by Gasteiger charge is -2.06. The first-order chi connectivity index (χ1) is 11.9. The Morgan fingerprint density at radius 3 is 2.25 bits per heavy atom. The van der Waals surface area contributed by atoms with Gasteiger partial charge >= 0.3 is 0 Å². The molecule has 0 unspecified atom stereocenters. The van der Waals surface area contributed by atoms with Gasteiger partial charge in [0.1, 0.15) is 0 Å². The van der Waals surface area contributed by atoms with Crippen molar-refractivity contribution in [3.8, 4) is 22.4 Å². The van der Waals surface area contributed by atoms with Gasteiger partial charge in [0.05, 0.1) is 35.6 Å². The van der Waals surface area contributed by atoms with Crippen LogP contribution in [0.5, 0.6) is 0 Å². The zero-order valence-corrected chi connectivity index (χ0v) is 12.8. The quantitative estimate of drug-likeness (QED) is 0.493. The topological polar surface area (TPSA) is 57.4 Å². The number of nitrogens with zero attached hydrogens (tertiary/aromatic N) is 2. The van der Waals surface area contributed by atoms with Crippen LogP contribution in [0.1, 0.15) is 0 Å². The summed E-state index contributed by atoms with van der Waals surface area (Å²) in [4.78, 5) is 14.7. The van der Waals surface area contributed by atoms with E-state index in [1.54, 1.807) is 12.7 Å². The van der Waals surface area contributed by atoms with Crippen LogP contribution >= 0.6 is 0 Å². The number of benzene rings is 3. The molecule has 3 aromatic carbocycles. The number of hydrogen-bond acceptors (Lipinski definition) is 2. The van der Waals surface area contributed by atoms with Gasteiger partial charge in [-0.15, -0.1) is 0 Å². The molecule has 2 aromatic heterocycles. The zero-order chi connectivity index (χ0) is 15.9. The molecule has 0 aliphatic rings. The Hall–Kier alpha value is -3.40. The van der Waals surface area contributed by atoms with Gasteiger partial charge in [0.25, 0.3) is 0 Å². The van der Waals surface area contributed by atoms with Crippen LogP contribution in [0.2, 0.25) is 0 Å². The highest BCUT2D eigenvalue weighted by Crippen LogP contribution is 2.28. The summed E-state index contributed by atoms with van der Waals surface area (Å²) in [5.41, 5.74) is 6.61. The first-order valence-electron chi connectivity index (χ1n) is 7.83. The number of nitrogens with one attached hydrogen (secondary N) is 2. The Kier molecular flexibility index (Phi) is 2.76. The van der Waals surface area contributed by atoms with Crippen LogP contribution in [0.15, 0.2) is 73.4 Å². The van der Waals surface area contributed by atoms with Crippen molar-refractivity contribution in [2.75, 3.05) is 0 Å². The number of fused-ring (bicyclic) bond motifs is 2. The van der Waals surface area contributed by atoms with E-state index in [9.17, 15) is 0 Å². The second-order valence-electron chi connectivity index (χ2n) is 5.88. The molecule has 0 bridgehead atoms. The van der Waals surface area contributed by atoms with Gasteiger partial charge in [-0.3, -0.25) is 0 Å². The number of aromatic nitrogens is 4. The molecule has 0 saturated heterocycles. The molecule has 0 aliphatic heterocycles. The van der Waals surface area contributed by atoms with Crippen LogP contribution in [-0.4, -0.2) is 19.9 Å². The summed E-state index contributed by atoms with van der Waals surface area (Å²) < 4.78 is 0. The fraction of sp³-hybridized carbons (Fsp3) is 0. The Balaban J connectivity index is 1.61. The van der Waals surface area contributed by atoms with Crippen LogP contribution in [0, 0.1) is 0 Å². The second-order valence-corrected chi connectivity index (χ2v) is 5.88. The molecule has 5 aromatic rings. The number of hydrogen-bond donors (Lipinski definition) is 2. The van der Waals surface area contributed by atoms with Crippen LogP contribution in [-0.2, 0) is 0 Å². The van der Waals surface area contributed by atoms with Crippen LogP contribution in [0.4, 0.5) is 0 Å².